The van der Waals surface area contributed by atoms with Crippen molar-refractivity contribution in [1.82, 2.24) is 5.32 Å². The van der Waals surface area contributed by atoms with Crippen LogP contribution in [0.1, 0.15) is 26.7 Å². The zero-order valence-electron chi connectivity index (χ0n) is 11.9. The first-order valence-corrected chi connectivity index (χ1v) is 6.75. The minimum atomic E-state index is 0.112. The van der Waals surface area contributed by atoms with E-state index in [4.69, 9.17) is 9.47 Å². The number of ether oxygens (including phenoxy) is 2. The van der Waals surface area contributed by atoms with E-state index in [1.807, 2.05) is 38.1 Å². The van der Waals surface area contributed by atoms with Gasteiger partial charge >= 0.3 is 0 Å². The minimum Gasteiger partial charge on any atom is -0.497 e. The predicted octanol–water partition coefficient (Wildman–Crippen LogP) is 2.63. The van der Waals surface area contributed by atoms with Crippen molar-refractivity contribution in [2.24, 2.45) is 5.92 Å². The molecule has 0 aliphatic heterocycles. The van der Waals surface area contributed by atoms with Crippen molar-refractivity contribution in [2.75, 3.05) is 20.3 Å². The molecule has 4 heteroatoms. The molecule has 0 radical (unpaired) electrons. The van der Waals surface area contributed by atoms with Gasteiger partial charge in [0.25, 0.3) is 0 Å². The quantitative estimate of drug-likeness (QED) is 0.735. The van der Waals surface area contributed by atoms with E-state index >= 15 is 0 Å². The number of hydrogen-bond donors (Lipinski definition) is 1. The number of benzene rings is 1. The first-order valence-electron chi connectivity index (χ1n) is 6.75. The van der Waals surface area contributed by atoms with Gasteiger partial charge in [-0.1, -0.05) is 13.8 Å². The molecular weight excluding hydrogens is 242 g/mol. The number of hydrogen-bond acceptors (Lipinski definition) is 3. The number of carbonyl (C=O) groups excluding carboxylic acids is 1. The summed E-state index contributed by atoms with van der Waals surface area (Å²) in [5.74, 6) is 1.80. The SMILES string of the molecule is CCC(CC)C(=O)NCCOc1ccc(OC)cc1. The molecule has 1 N–H and O–H groups in total. The van der Waals surface area contributed by atoms with Crippen molar-refractivity contribution in [2.45, 2.75) is 26.7 Å². The maximum atomic E-state index is 11.7. The highest BCUT2D eigenvalue weighted by Gasteiger charge is 2.12. The molecule has 0 aliphatic carbocycles. The molecule has 1 amide bonds. The molecule has 0 saturated heterocycles. The topological polar surface area (TPSA) is 47.6 Å². The lowest BCUT2D eigenvalue weighted by molar-refractivity contribution is -0.125. The third-order valence-corrected chi connectivity index (χ3v) is 3.09. The summed E-state index contributed by atoms with van der Waals surface area (Å²) >= 11 is 0. The monoisotopic (exact) mass is 265 g/mol. The van der Waals surface area contributed by atoms with Crippen LogP contribution in [0.5, 0.6) is 11.5 Å². The number of rotatable bonds is 8. The molecule has 19 heavy (non-hydrogen) atoms. The summed E-state index contributed by atoms with van der Waals surface area (Å²) in [7, 11) is 1.63. The Kier molecular flexibility index (Phi) is 6.79. The molecule has 0 spiro atoms. The lowest BCUT2D eigenvalue weighted by Gasteiger charge is -2.13. The van der Waals surface area contributed by atoms with Gasteiger partial charge < -0.3 is 14.8 Å². The first-order chi connectivity index (χ1) is 9.21. The largest absolute Gasteiger partial charge is 0.497 e. The summed E-state index contributed by atoms with van der Waals surface area (Å²) in [6.07, 6.45) is 1.75. The summed E-state index contributed by atoms with van der Waals surface area (Å²) in [6, 6.07) is 7.39. The van der Waals surface area contributed by atoms with Crippen LogP contribution >= 0.6 is 0 Å². The Labute approximate surface area is 115 Å². The maximum absolute atomic E-state index is 11.7. The van der Waals surface area contributed by atoms with Gasteiger partial charge in [0.15, 0.2) is 0 Å². The fourth-order valence-electron chi connectivity index (χ4n) is 1.82. The van der Waals surface area contributed by atoms with E-state index in [0.29, 0.717) is 13.2 Å². The third-order valence-electron chi connectivity index (χ3n) is 3.09. The average Bonchev–Trinajstić information content (AvgIpc) is 2.45. The second-order valence-electron chi connectivity index (χ2n) is 4.33. The van der Waals surface area contributed by atoms with Gasteiger partial charge in [-0.05, 0) is 37.1 Å². The van der Waals surface area contributed by atoms with E-state index in [2.05, 4.69) is 5.32 Å². The van der Waals surface area contributed by atoms with E-state index in [9.17, 15) is 4.79 Å². The van der Waals surface area contributed by atoms with Crippen molar-refractivity contribution in [3.63, 3.8) is 0 Å². The van der Waals surface area contributed by atoms with Crippen molar-refractivity contribution < 1.29 is 14.3 Å². The summed E-state index contributed by atoms with van der Waals surface area (Å²) in [4.78, 5) is 11.7. The van der Waals surface area contributed by atoms with Gasteiger partial charge in [-0.15, -0.1) is 0 Å². The maximum Gasteiger partial charge on any atom is 0.223 e. The van der Waals surface area contributed by atoms with Gasteiger partial charge in [0.05, 0.1) is 13.7 Å². The van der Waals surface area contributed by atoms with Crippen LogP contribution in [-0.2, 0) is 4.79 Å². The average molecular weight is 265 g/mol. The van der Waals surface area contributed by atoms with Gasteiger partial charge in [0, 0.05) is 5.92 Å². The summed E-state index contributed by atoms with van der Waals surface area (Å²) in [6.45, 7) is 5.06. The van der Waals surface area contributed by atoms with E-state index < -0.39 is 0 Å². The molecule has 0 aromatic heterocycles. The minimum absolute atomic E-state index is 0.112. The Hall–Kier alpha value is -1.71. The Morgan fingerprint density at radius 3 is 2.26 bits per heavy atom. The van der Waals surface area contributed by atoms with Gasteiger partial charge in [0.2, 0.25) is 5.91 Å². The molecule has 1 aromatic rings. The number of carbonyl (C=O) groups is 1. The fourth-order valence-corrected chi connectivity index (χ4v) is 1.82. The third kappa shape index (κ3) is 5.20. The van der Waals surface area contributed by atoms with Crippen molar-refractivity contribution in [1.29, 1.82) is 0 Å². The lowest BCUT2D eigenvalue weighted by atomic mass is 10.0. The second kappa shape index (κ2) is 8.40. The molecule has 0 fully saturated rings. The smallest absolute Gasteiger partial charge is 0.223 e. The fraction of sp³-hybridized carbons (Fsp3) is 0.533. The van der Waals surface area contributed by atoms with Crippen LogP contribution in [-0.4, -0.2) is 26.2 Å². The van der Waals surface area contributed by atoms with Crippen molar-refractivity contribution in [3.05, 3.63) is 24.3 Å². The molecule has 1 aromatic carbocycles. The normalized spacial score (nSPS) is 10.3. The van der Waals surface area contributed by atoms with Crippen LogP contribution in [0.15, 0.2) is 24.3 Å². The van der Waals surface area contributed by atoms with Crippen LogP contribution in [0.4, 0.5) is 0 Å². The highest BCUT2D eigenvalue weighted by molar-refractivity contribution is 5.78. The molecule has 0 saturated carbocycles. The zero-order chi connectivity index (χ0) is 14.1. The van der Waals surface area contributed by atoms with Crippen molar-refractivity contribution >= 4 is 5.91 Å². The van der Waals surface area contributed by atoms with Gasteiger partial charge in [-0.3, -0.25) is 4.79 Å². The molecule has 0 bridgehead atoms. The summed E-state index contributed by atoms with van der Waals surface area (Å²) in [5.41, 5.74) is 0. The summed E-state index contributed by atoms with van der Waals surface area (Å²) < 4.78 is 10.6. The van der Waals surface area contributed by atoms with E-state index in [1.165, 1.54) is 0 Å². The molecule has 0 heterocycles. The molecule has 0 unspecified atom stereocenters. The Morgan fingerprint density at radius 1 is 1.16 bits per heavy atom. The van der Waals surface area contributed by atoms with Crippen LogP contribution in [0.2, 0.25) is 0 Å². The molecular formula is C15H23NO3. The van der Waals surface area contributed by atoms with Crippen LogP contribution in [0.25, 0.3) is 0 Å². The molecule has 0 aliphatic rings. The van der Waals surface area contributed by atoms with Gasteiger partial charge in [0.1, 0.15) is 18.1 Å². The highest BCUT2D eigenvalue weighted by atomic mass is 16.5. The number of nitrogens with one attached hydrogen (secondary N) is 1. The molecule has 4 nitrogen and oxygen atoms in total. The highest BCUT2D eigenvalue weighted by Crippen LogP contribution is 2.16. The van der Waals surface area contributed by atoms with E-state index in [1.54, 1.807) is 7.11 Å². The second-order valence-corrected chi connectivity index (χ2v) is 4.33. The summed E-state index contributed by atoms with van der Waals surface area (Å²) in [5, 5.41) is 2.89. The zero-order valence-corrected chi connectivity index (χ0v) is 11.9. The standard InChI is InChI=1S/C15H23NO3/c1-4-12(5-2)15(17)16-10-11-19-14-8-6-13(18-3)7-9-14/h6-9,12H,4-5,10-11H2,1-3H3,(H,16,17). The molecule has 0 atom stereocenters. The first kappa shape index (κ1) is 15.3. The van der Waals surface area contributed by atoms with Crippen LogP contribution < -0.4 is 14.8 Å². The van der Waals surface area contributed by atoms with Crippen LogP contribution in [0, 0.1) is 5.92 Å². The Balaban J connectivity index is 2.24. The molecule has 106 valence electrons. The lowest BCUT2D eigenvalue weighted by Crippen LogP contribution is -2.33. The van der Waals surface area contributed by atoms with Gasteiger partial charge in [-0.2, -0.15) is 0 Å². The van der Waals surface area contributed by atoms with Crippen LogP contribution in [0.3, 0.4) is 0 Å². The molecule has 1 rings (SSSR count). The van der Waals surface area contributed by atoms with Gasteiger partial charge in [-0.25, -0.2) is 0 Å². The number of amides is 1. The Morgan fingerprint density at radius 2 is 1.74 bits per heavy atom. The predicted molar refractivity (Wildman–Crippen MR) is 75.6 cm³/mol. The van der Waals surface area contributed by atoms with Crippen molar-refractivity contribution in [3.8, 4) is 11.5 Å². The Bertz CT molecular complexity index is 371. The van der Waals surface area contributed by atoms with E-state index in [-0.39, 0.29) is 11.8 Å². The number of methoxy groups -OCH3 is 1. The van der Waals surface area contributed by atoms with E-state index in [0.717, 1.165) is 24.3 Å².